The molecule has 0 aliphatic rings. The average Bonchev–Trinajstić information content (AvgIpc) is 2.86. The molecule has 0 spiro atoms. The minimum Gasteiger partial charge on any atom is -0.370 e. The zero-order valence-electron chi connectivity index (χ0n) is 12.9. The standard InChI is InChI=1S/C16H23N3S/c1-6-11-8-9-12(20-11)15-18-13(16(3,4)5)10-14(19-15)17-7-2/h8-10H,6-7H2,1-5H3,(H,17,18,19). The maximum atomic E-state index is 4.76. The van der Waals surface area contributed by atoms with Crippen LogP contribution in [0.4, 0.5) is 5.82 Å². The summed E-state index contributed by atoms with van der Waals surface area (Å²) in [5, 5.41) is 3.30. The van der Waals surface area contributed by atoms with Crippen molar-refractivity contribution in [2.75, 3.05) is 11.9 Å². The number of thiophene rings is 1. The highest BCUT2D eigenvalue weighted by Gasteiger charge is 2.19. The zero-order valence-corrected chi connectivity index (χ0v) is 13.8. The number of aryl methyl sites for hydroxylation is 1. The third-order valence-electron chi connectivity index (χ3n) is 3.08. The number of anilines is 1. The van der Waals surface area contributed by atoms with Crippen molar-refractivity contribution < 1.29 is 0 Å². The van der Waals surface area contributed by atoms with E-state index in [1.54, 1.807) is 11.3 Å². The Morgan fingerprint density at radius 3 is 2.45 bits per heavy atom. The molecule has 0 saturated carbocycles. The summed E-state index contributed by atoms with van der Waals surface area (Å²) in [6.07, 6.45) is 1.06. The molecule has 0 bridgehead atoms. The second-order valence-electron chi connectivity index (χ2n) is 5.86. The van der Waals surface area contributed by atoms with Crippen LogP contribution < -0.4 is 5.32 Å². The Morgan fingerprint density at radius 1 is 1.15 bits per heavy atom. The lowest BCUT2D eigenvalue weighted by atomic mass is 9.92. The van der Waals surface area contributed by atoms with Crippen LogP contribution in [0.15, 0.2) is 18.2 Å². The maximum Gasteiger partial charge on any atom is 0.171 e. The van der Waals surface area contributed by atoms with Crippen LogP contribution >= 0.6 is 11.3 Å². The fraction of sp³-hybridized carbons (Fsp3) is 0.500. The zero-order chi connectivity index (χ0) is 14.8. The van der Waals surface area contributed by atoms with Crippen molar-refractivity contribution in [1.29, 1.82) is 0 Å². The van der Waals surface area contributed by atoms with E-state index in [-0.39, 0.29) is 5.41 Å². The summed E-state index contributed by atoms with van der Waals surface area (Å²) < 4.78 is 0. The van der Waals surface area contributed by atoms with E-state index in [1.165, 1.54) is 4.88 Å². The second kappa shape index (κ2) is 5.92. The molecule has 2 aromatic heterocycles. The second-order valence-corrected chi connectivity index (χ2v) is 7.03. The van der Waals surface area contributed by atoms with E-state index in [9.17, 15) is 0 Å². The van der Waals surface area contributed by atoms with Crippen LogP contribution in [0.25, 0.3) is 10.7 Å². The van der Waals surface area contributed by atoms with E-state index >= 15 is 0 Å². The molecule has 2 heterocycles. The van der Waals surface area contributed by atoms with Gasteiger partial charge in [-0.1, -0.05) is 27.7 Å². The van der Waals surface area contributed by atoms with Gasteiger partial charge < -0.3 is 5.32 Å². The number of nitrogens with one attached hydrogen (secondary N) is 1. The third kappa shape index (κ3) is 3.37. The van der Waals surface area contributed by atoms with Crippen LogP contribution in [0, 0.1) is 0 Å². The summed E-state index contributed by atoms with van der Waals surface area (Å²) in [6.45, 7) is 11.7. The molecule has 0 radical (unpaired) electrons. The van der Waals surface area contributed by atoms with Crippen molar-refractivity contribution in [3.05, 3.63) is 28.8 Å². The molecular formula is C16H23N3S. The normalized spacial score (nSPS) is 11.7. The molecule has 0 aliphatic carbocycles. The highest BCUT2D eigenvalue weighted by Crippen LogP contribution is 2.29. The van der Waals surface area contributed by atoms with Gasteiger partial charge in [0, 0.05) is 22.9 Å². The van der Waals surface area contributed by atoms with Gasteiger partial charge in [-0.3, -0.25) is 0 Å². The van der Waals surface area contributed by atoms with Crippen molar-refractivity contribution in [2.24, 2.45) is 0 Å². The molecule has 0 fully saturated rings. The summed E-state index contributed by atoms with van der Waals surface area (Å²) in [4.78, 5) is 11.9. The Bertz CT molecular complexity index is 582. The largest absolute Gasteiger partial charge is 0.370 e. The molecule has 4 heteroatoms. The number of rotatable bonds is 4. The molecule has 1 N–H and O–H groups in total. The Kier molecular flexibility index (Phi) is 4.43. The lowest BCUT2D eigenvalue weighted by Gasteiger charge is -2.19. The predicted octanol–water partition coefficient (Wildman–Crippen LogP) is 4.50. The first-order valence-electron chi connectivity index (χ1n) is 7.16. The number of hydrogen-bond donors (Lipinski definition) is 1. The highest BCUT2D eigenvalue weighted by molar-refractivity contribution is 7.15. The maximum absolute atomic E-state index is 4.76. The lowest BCUT2D eigenvalue weighted by molar-refractivity contribution is 0.568. The Balaban J connectivity index is 2.48. The van der Waals surface area contributed by atoms with E-state index < -0.39 is 0 Å². The molecule has 108 valence electrons. The van der Waals surface area contributed by atoms with Crippen LogP contribution in [-0.2, 0) is 11.8 Å². The monoisotopic (exact) mass is 289 g/mol. The molecule has 2 rings (SSSR count). The summed E-state index contributed by atoms with van der Waals surface area (Å²) in [7, 11) is 0. The van der Waals surface area contributed by atoms with Crippen molar-refractivity contribution >= 4 is 17.2 Å². The quantitative estimate of drug-likeness (QED) is 0.900. The topological polar surface area (TPSA) is 37.8 Å². The Morgan fingerprint density at radius 2 is 1.90 bits per heavy atom. The third-order valence-corrected chi connectivity index (χ3v) is 4.31. The van der Waals surface area contributed by atoms with E-state index in [2.05, 4.69) is 63.1 Å². The summed E-state index contributed by atoms with van der Waals surface area (Å²) in [5.74, 6) is 1.74. The van der Waals surface area contributed by atoms with Crippen molar-refractivity contribution in [3.8, 4) is 10.7 Å². The molecule has 0 atom stereocenters. The van der Waals surface area contributed by atoms with E-state index in [1.807, 2.05) is 0 Å². The van der Waals surface area contributed by atoms with Gasteiger partial charge in [0.2, 0.25) is 0 Å². The molecule has 0 aliphatic heterocycles. The van der Waals surface area contributed by atoms with Gasteiger partial charge in [0.25, 0.3) is 0 Å². The van der Waals surface area contributed by atoms with Gasteiger partial charge in [-0.15, -0.1) is 11.3 Å². The smallest absolute Gasteiger partial charge is 0.171 e. The van der Waals surface area contributed by atoms with E-state index in [4.69, 9.17) is 4.98 Å². The molecule has 3 nitrogen and oxygen atoms in total. The van der Waals surface area contributed by atoms with E-state index in [0.29, 0.717) is 0 Å². The fourth-order valence-corrected chi connectivity index (χ4v) is 2.78. The van der Waals surface area contributed by atoms with Crippen molar-refractivity contribution in [3.63, 3.8) is 0 Å². The van der Waals surface area contributed by atoms with Crippen molar-refractivity contribution in [1.82, 2.24) is 9.97 Å². The number of aromatic nitrogens is 2. The highest BCUT2D eigenvalue weighted by atomic mass is 32.1. The van der Waals surface area contributed by atoms with Crippen LogP contribution in [0.1, 0.15) is 45.2 Å². The van der Waals surface area contributed by atoms with Gasteiger partial charge in [0.15, 0.2) is 5.82 Å². The molecule has 0 saturated heterocycles. The summed E-state index contributed by atoms with van der Waals surface area (Å²) >= 11 is 1.78. The summed E-state index contributed by atoms with van der Waals surface area (Å²) in [6, 6.07) is 6.35. The van der Waals surface area contributed by atoms with E-state index in [0.717, 1.165) is 35.2 Å². The van der Waals surface area contributed by atoms with Gasteiger partial charge in [-0.25, -0.2) is 9.97 Å². The van der Waals surface area contributed by atoms with Crippen molar-refractivity contribution in [2.45, 2.75) is 46.5 Å². The Labute approximate surface area is 125 Å². The Hall–Kier alpha value is -1.42. The minimum absolute atomic E-state index is 0.0205. The first kappa shape index (κ1) is 15.0. The van der Waals surface area contributed by atoms with Gasteiger partial charge in [-0.05, 0) is 25.5 Å². The molecular weight excluding hydrogens is 266 g/mol. The minimum atomic E-state index is 0.0205. The molecule has 0 amide bonds. The SMILES string of the molecule is CCNc1cc(C(C)(C)C)nc(-c2ccc(CC)s2)n1. The average molecular weight is 289 g/mol. The molecule has 0 aromatic carbocycles. The van der Waals surface area contributed by atoms with Gasteiger partial charge in [0.1, 0.15) is 5.82 Å². The molecule has 0 unspecified atom stereocenters. The van der Waals surface area contributed by atoms with Gasteiger partial charge in [0.05, 0.1) is 10.6 Å². The first-order chi connectivity index (χ1) is 9.44. The van der Waals surface area contributed by atoms with Crippen LogP contribution in [-0.4, -0.2) is 16.5 Å². The number of nitrogens with zero attached hydrogens (tertiary/aromatic N) is 2. The molecule has 2 aromatic rings. The van der Waals surface area contributed by atoms with Crippen LogP contribution in [0.2, 0.25) is 0 Å². The summed E-state index contributed by atoms with van der Waals surface area (Å²) in [5.41, 5.74) is 1.09. The van der Waals surface area contributed by atoms with Crippen LogP contribution in [0.3, 0.4) is 0 Å². The fourth-order valence-electron chi connectivity index (χ4n) is 1.90. The first-order valence-corrected chi connectivity index (χ1v) is 7.98. The van der Waals surface area contributed by atoms with Crippen LogP contribution in [0.5, 0.6) is 0 Å². The van der Waals surface area contributed by atoms with Gasteiger partial charge >= 0.3 is 0 Å². The van der Waals surface area contributed by atoms with Gasteiger partial charge in [-0.2, -0.15) is 0 Å². The lowest BCUT2D eigenvalue weighted by Crippen LogP contribution is -2.15. The predicted molar refractivity (Wildman–Crippen MR) is 87.6 cm³/mol. The number of hydrogen-bond acceptors (Lipinski definition) is 4. The molecule has 20 heavy (non-hydrogen) atoms.